The van der Waals surface area contributed by atoms with Crippen LogP contribution in [0.15, 0.2) is 29.6 Å². The number of rotatable bonds is 7. The van der Waals surface area contributed by atoms with Gasteiger partial charge in [0.15, 0.2) is 5.13 Å². The minimum Gasteiger partial charge on any atom is -0.497 e. The number of hydrogen-bond donors (Lipinski definition) is 2. The SMILES string of the molecule is COc1ccc([C@@]2(C)NC(=O)N(CC(=O)Nc3nc(CN4CCC[C@H](C)C4)cs3)C2=O)cc1. The monoisotopic (exact) mass is 471 g/mol. The number of imide groups is 1. The van der Waals surface area contributed by atoms with Gasteiger partial charge in [-0.3, -0.25) is 19.4 Å². The largest absolute Gasteiger partial charge is 0.497 e. The molecule has 3 heterocycles. The molecule has 1 aromatic heterocycles. The maximum absolute atomic E-state index is 13.0. The highest BCUT2D eigenvalue weighted by atomic mass is 32.1. The standard InChI is InChI=1S/C23H29N5O4S/c1-15-5-4-10-27(11-15)12-17-14-33-21(24-17)25-19(29)13-28-20(30)23(2,26-22(28)31)16-6-8-18(32-3)9-7-16/h6-9,14-15H,4-5,10-13H2,1-3H3,(H,26,31)(H,24,25,29)/t15-,23+/m0/s1. The van der Waals surface area contributed by atoms with Crippen LogP contribution in [0.5, 0.6) is 5.75 Å². The van der Waals surface area contributed by atoms with Crippen molar-refractivity contribution >= 4 is 34.3 Å². The minimum atomic E-state index is -1.25. The minimum absolute atomic E-state index is 0.380. The summed E-state index contributed by atoms with van der Waals surface area (Å²) in [6.45, 7) is 6.37. The highest BCUT2D eigenvalue weighted by Crippen LogP contribution is 2.30. The van der Waals surface area contributed by atoms with Crippen LogP contribution in [-0.4, -0.2) is 59.4 Å². The van der Waals surface area contributed by atoms with Gasteiger partial charge < -0.3 is 15.4 Å². The zero-order valence-electron chi connectivity index (χ0n) is 19.1. The second-order valence-corrected chi connectivity index (χ2v) is 9.71. The van der Waals surface area contributed by atoms with Gasteiger partial charge in [-0.25, -0.2) is 9.78 Å². The Balaban J connectivity index is 1.36. The summed E-state index contributed by atoms with van der Waals surface area (Å²) in [6.07, 6.45) is 2.45. The first-order valence-electron chi connectivity index (χ1n) is 11.0. The number of benzene rings is 1. The summed E-state index contributed by atoms with van der Waals surface area (Å²) in [7, 11) is 1.55. The second-order valence-electron chi connectivity index (χ2n) is 8.85. The molecule has 0 bridgehead atoms. The topological polar surface area (TPSA) is 104 Å². The van der Waals surface area contributed by atoms with Gasteiger partial charge in [0, 0.05) is 18.5 Å². The number of thiazole rings is 1. The molecule has 0 radical (unpaired) electrons. The molecule has 176 valence electrons. The van der Waals surface area contributed by atoms with Gasteiger partial charge in [0.2, 0.25) is 5.91 Å². The lowest BCUT2D eigenvalue weighted by molar-refractivity contribution is -0.133. The predicted molar refractivity (Wildman–Crippen MR) is 125 cm³/mol. The number of ether oxygens (including phenoxy) is 1. The Morgan fingerprint density at radius 2 is 2.09 bits per heavy atom. The highest BCUT2D eigenvalue weighted by molar-refractivity contribution is 7.13. The molecule has 2 aliphatic rings. The van der Waals surface area contributed by atoms with Crippen molar-refractivity contribution in [3.8, 4) is 5.75 Å². The van der Waals surface area contributed by atoms with E-state index in [0.717, 1.165) is 30.2 Å². The van der Waals surface area contributed by atoms with Crippen molar-refractivity contribution < 1.29 is 19.1 Å². The first kappa shape index (κ1) is 23.2. The van der Waals surface area contributed by atoms with E-state index in [-0.39, 0.29) is 6.54 Å². The van der Waals surface area contributed by atoms with Gasteiger partial charge in [0.25, 0.3) is 5.91 Å². The number of carbonyl (C=O) groups is 3. The number of piperidine rings is 1. The van der Waals surface area contributed by atoms with Gasteiger partial charge >= 0.3 is 6.03 Å². The van der Waals surface area contributed by atoms with E-state index in [0.29, 0.717) is 22.4 Å². The van der Waals surface area contributed by atoms with Crippen molar-refractivity contribution in [1.29, 1.82) is 0 Å². The van der Waals surface area contributed by atoms with Crippen LogP contribution in [0.25, 0.3) is 0 Å². The maximum atomic E-state index is 13.0. The molecule has 0 saturated carbocycles. The summed E-state index contributed by atoms with van der Waals surface area (Å²) in [4.78, 5) is 46.0. The number of aromatic nitrogens is 1. The van der Waals surface area contributed by atoms with E-state index >= 15 is 0 Å². The predicted octanol–water partition coefficient (Wildman–Crippen LogP) is 2.79. The zero-order valence-corrected chi connectivity index (χ0v) is 19.9. The Labute approximate surface area is 197 Å². The molecule has 2 aliphatic heterocycles. The molecule has 9 nitrogen and oxygen atoms in total. The molecule has 0 spiro atoms. The Morgan fingerprint density at radius 3 is 2.79 bits per heavy atom. The van der Waals surface area contributed by atoms with E-state index in [4.69, 9.17) is 4.74 Å². The van der Waals surface area contributed by atoms with Crippen LogP contribution in [0.1, 0.15) is 37.9 Å². The zero-order chi connectivity index (χ0) is 23.6. The van der Waals surface area contributed by atoms with Crippen molar-refractivity contribution in [3.63, 3.8) is 0 Å². The third-order valence-corrected chi connectivity index (χ3v) is 6.98. The number of methoxy groups -OCH3 is 1. The van der Waals surface area contributed by atoms with Crippen LogP contribution in [0, 0.1) is 5.92 Å². The lowest BCUT2D eigenvalue weighted by atomic mass is 9.92. The summed E-state index contributed by atoms with van der Waals surface area (Å²) in [5, 5.41) is 7.82. The van der Waals surface area contributed by atoms with Gasteiger partial charge in [-0.05, 0) is 49.9 Å². The van der Waals surface area contributed by atoms with Crippen LogP contribution >= 0.6 is 11.3 Å². The summed E-state index contributed by atoms with van der Waals surface area (Å²) < 4.78 is 5.15. The number of amides is 4. The van der Waals surface area contributed by atoms with E-state index in [2.05, 4.69) is 27.4 Å². The number of hydrogen-bond acceptors (Lipinski definition) is 7. The molecule has 10 heteroatoms. The van der Waals surface area contributed by atoms with Crippen LogP contribution in [-0.2, 0) is 21.7 Å². The number of anilines is 1. The summed E-state index contributed by atoms with van der Waals surface area (Å²) in [5.74, 6) is 0.383. The number of carbonyl (C=O) groups excluding carboxylic acids is 3. The van der Waals surface area contributed by atoms with Crippen molar-refractivity contribution in [2.24, 2.45) is 5.92 Å². The van der Waals surface area contributed by atoms with Gasteiger partial charge in [-0.1, -0.05) is 19.1 Å². The Kier molecular flexibility index (Phi) is 6.66. The molecular formula is C23H29N5O4S. The first-order chi connectivity index (χ1) is 15.8. The third kappa shape index (κ3) is 5.01. The molecule has 2 atom stereocenters. The summed E-state index contributed by atoms with van der Waals surface area (Å²) in [5.41, 5.74) is 0.274. The van der Waals surface area contributed by atoms with Gasteiger partial charge in [-0.2, -0.15) is 0 Å². The van der Waals surface area contributed by atoms with Crippen LogP contribution in [0.2, 0.25) is 0 Å². The van der Waals surface area contributed by atoms with E-state index < -0.39 is 23.4 Å². The molecule has 0 aliphatic carbocycles. The highest BCUT2D eigenvalue weighted by Gasteiger charge is 2.49. The number of likely N-dealkylation sites (tertiary alicyclic amines) is 1. The number of nitrogens with one attached hydrogen (secondary N) is 2. The fraction of sp³-hybridized carbons (Fsp3) is 0.478. The quantitative estimate of drug-likeness (QED) is 0.602. The number of urea groups is 1. The van der Waals surface area contributed by atoms with Crippen LogP contribution < -0.4 is 15.4 Å². The van der Waals surface area contributed by atoms with Crippen molar-refractivity contribution in [3.05, 3.63) is 40.9 Å². The fourth-order valence-corrected chi connectivity index (χ4v) is 5.08. The molecule has 2 fully saturated rings. The second kappa shape index (κ2) is 9.48. The number of nitrogens with zero attached hydrogens (tertiary/aromatic N) is 3. The smallest absolute Gasteiger partial charge is 0.325 e. The Bertz CT molecular complexity index is 1040. The van der Waals surface area contributed by atoms with Crippen molar-refractivity contribution in [2.45, 2.75) is 38.8 Å². The van der Waals surface area contributed by atoms with Gasteiger partial charge in [0.05, 0.1) is 12.8 Å². The summed E-state index contributed by atoms with van der Waals surface area (Å²) in [6, 6.07) is 6.29. The average Bonchev–Trinajstić information content (AvgIpc) is 3.31. The van der Waals surface area contributed by atoms with E-state index in [1.54, 1.807) is 38.3 Å². The van der Waals surface area contributed by atoms with Crippen molar-refractivity contribution in [2.75, 3.05) is 32.1 Å². The lowest BCUT2D eigenvalue weighted by Crippen LogP contribution is -2.42. The molecule has 2 aromatic rings. The van der Waals surface area contributed by atoms with Crippen molar-refractivity contribution in [1.82, 2.24) is 20.1 Å². The third-order valence-electron chi connectivity index (χ3n) is 6.17. The maximum Gasteiger partial charge on any atom is 0.325 e. The van der Waals surface area contributed by atoms with Gasteiger partial charge in [-0.15, -0.1) is 11.3 Å². The molecular weight excluding hydrogens is 442 g/mol. The molecule has 2 N–H and O–H groups in total. The summed E-state index contributed by atoms with van der Waals surface area (Å²) >= 11 is 1.34. The Hall–Kier alpha value is -2.98. The Morgan fingerprint density at radius 1 is 1.33 bits per heavy atom. The molecule has 1 aromatic carbocycles. The molecule has 4 amide bonds. The fourth-order valence-electron chi connectivity index (χ4n) is 4.36. The van der Waals surface area contributed by atoms with E-state index in [9.17, 15) is 14.4 Å². The molecule has 2 saturated heterocycles. The van der Waals surface area contributed by atoms with Crippen LogP contribution in [0.4, 0.5) is 9.93 Å². The molecule has 0 unspecified atom stereocenters. The molecule has 4 rings (SSSR count). The average molecular weight is 472 g/mol. The lowest BCUT2D eigenvalue weighted by Gasteiger charge is -2.30. The van der Waals surface area contributed by atoms with E-state index in [1.165, 1.54) is 24.2 Å². The first-order valence-corrected chi connectivity index (χ1v) is 11.9. The van der Waals surface area contributed by atoms with E-state index in [1.807, 2.05) is 5.38 Å². The van der Waals surface area contributed by atoms with Crippen LogP contribution in [0.3, 0.4) is 0 Å². The van der Waals surface area contributed by atoms with Gasteiger partial charge in [0.1, 0.15) is 17.8 Å². The normalized spacial score (nSPS) is 23.5. The molecule has 33 heavy (non-hydrogen) atoms.